The van der Waals surface area contributed by atoms with Gasteiger partial charge in [-0.05, 0) is 25.5 Å². The zero-order valence-corrected chi connectivity index (χ0v) is 13.4. The van der Waals surface area contributed by atoms with Gasteiger partial charge in [-0.3, -0.25) is 4.79 Å². The number of rotatable bonds is 4. The number of carboxylic acids is 1. The Morgan fingerprint density at radius 3 is 2.61 bits per heavy atom. The summed E-state index contributed by atoms with van der Waals surface area (Å²) in [4.78, 5) is 11.3. The summed E-state index contributed by atoms with van der Waals surface area (Å²) < 4.78 is 28.0. The highest BCUT2D eigenvalue weighted by Crippen LogP contribution is 2.33. The van der Waals surface area contributed by atoms with Gasteiger partial charge in [-0.1, -0.05) is 18.2 Å². The number of nitrogens with zero attached hydrogens (tertiary/aromatic N) is 3. The Kier molecular flexibility index (Phi) is 3.73. The summed E-state index contributed by atoms with van der Waals surface area (Å²) in [5.74, 6) is -0.977. The van der Waals surface area contributed by atoms with Gasteiger partial charge in [0.25, 0.3) is 0 Å². The van der Waals surface area contributed by atoms with Crippen molar-refractivity contribution in [1.29, 1.82) is 0 Å². The van der Waals surface area contributed by atoms with Crippen LogP contribution in [0.15, 0.2) is 47.6 Å². The molecule has 2 heterocycles. The zero-order chi connectivity index (χ0) is 16.7. The lowest BCUT2D eigenvalue weighted by atomic mass is 9.90. The molecule has 122 valence electrons. The number of sulfonamides is 1. The fourth-order valence-corrected chi connectivity index (χ4v) is 4.11. The van der Waals surface area contributed by atoms with Gasteiger partial charge in [0.2, 0.25) is 10.0 Å². The standard InChI is InChI=1S/C15H17N3O4S/c1-15(14(19)20)7-8-17(11-15)23(21,22)13-9-16-18(10-13)12-5-3-2-4-6-12/h2-6,9-10H,7-8,11H2,1H3,(H,19,20)/t15-/m0/s1. The summed E-state index contributed by atoms with van der Waals surface area (Å²) in [7, 11) is -3.74. The molecule has 1 saturated heterocycles. The molecule has 0 unspecified atom stereocenters. The minimum Gasteiger partial charge on any atom is -0.481 e. The maximum Gasteiger partial charge on any atom is 0.310 e. The predicted octanol–water partition coefficient (Wildman–Crippen LogP) is 1.36. The number of benzene rings is 1. The molecule has 23 heavy (non-hydrogen) atoms. The number of aliphatic carboxylic acids is 1. The van der Waals surface area contributed by atoms with Crippen molar-refractivity contribution >= 4 is 16.0 Å². The Morgan fingerprint density at radius 1 is 1.30 bits per heavy atom. The van der Waals surface area contributed by atoms with Gasteiger partial charge < -0.3 is 5.11 Å². The molecule has 2 aromatic rings. The van der Waals surface area contributed by atoms with Gasteiger partial charge in [-0.2, -0.15) is 9.40 Å². The van der Waals surface area contributed by atoms with Gasteiger partial charge in [0.05, 0.1) is 23.5 Å². The van der Waals surface area contributed by atoms with Crippen LogP contribution in [0.1, 0.15) is 13.3 Å². The summed E-state index contributed by atoms with van der Waals surface area (Å²) >= 11 is 0. The Hall–Kier alpha value is -2.19. The Balaban J connectivity index is 1.87. The monoisotopic (exact) mass is 335 g/mol. The molecule has 0 amide bonds. The van der Waals surface area contributed by atoms with Crippen molar-refractivity contribution in [2.75, 3.05) is 13.1 Å². The lowest BCUT2D eigenvalue weighted by Gasteiger charge is -2.19. The van der Waals surface area contributed by atoms with Crippen LogP contribution in [0.3, 0.4) is 0 Å². The van der Waals surface area contributed by atoms with Crippen LogP contribution in [0, 0.1) is 5.41 Å². The molecule has 0 bridgehead atoms. The molecular weight excluding hydrogens is 318 g/mol. The molecule has 0 spiro atoms. The Morgan fingerprint density at radius 2 is 2.00 bits per heavy atom. The number of hydrogen-bond donors (Lipinski definition) is 1. The first-order chi connectivity index (χ1) is 10.8. The maximum atomic E-state index is 12.7. The number of para-hydroxylation sites is 1. The van der Waals surface area contributed by atoms with Gasteiger partial charge in [-0.15, -0.1) is 0 Å². The molecule has 1 aliphatic heterocycles. The maximum absolute atomic E-state index is 12.7. The van der Waals surface area contributed by atoms with E-state index < -0.39 is 21.4 Å². The van der Waals surface area contributed by atoms with Crippen LogP contribution < -0.4 is 0 Å². The first kappa shape index (κ1) is 15.7. The predicted molar refractivity (Wildman–Crippen MR) is 82.7 cm³/mol. The molecule has 1 fully saturated rings. The molecule has 8 heteroatoms. The molecule has 1 aliphatic rings. The van der Waals surface area contributed by atoms with Gasteiger partial charge in [0.1, 0.15) is 4.90 Å². The molecule has 1 aromatic heterocycles. The fraction of sp³-hybridized carbons (Fsp3) is 0.333. The number of aromatic nitrogens is 2. The van der Waals surface area contributed by atoms with Crippen LogP contribution in [-0.2, 0) is 14.8 Å². The van der Waals surface area contributed by atoms with Crippen LogP contribution in [0.5, 0.6) is 0 Å². The largest absolute Gasteiger partial charge is 0.481 e. The van der Waals surface area contributed by atoms with E-state index in [0.29, 0.717) is 6.42 Å². The minimum atomic E-state index is -3.74. The highest BCUT2D eigenvalue weighted by atomic mass is 32.2. The lowest BCUT2D eigenvalue weighted by molar-refractivity contribution is -0.146. The molecule has 0 saturated carbocycles. The van der Waals surface area contributed by atoms with E-state index in [4.69, 9.17) is 0 Å². The smallest absolute Gasteiger partial charge is 0.310 e. The zero-order valence-electron chi connectivity index (χ0n) is 12.6. The van der Waals surface area contributed by atoms with Crippen molar-refractivity contribution in [2.45, 2.75) is 18.2 Å². The SMILES string of the molecule is C[C@]1(C(=O)O)CCN(S(=O)(=O)c2cnn(-c3ccccc3)c2)C1. The molecular formula is C15H17N3O4S. The second-order valence-electron chi connectivity index (χ2n) is 5.91. The van der Waals surface area contributed by atoms with Crippen LogP contribution >= 0.6 is 0 Å². The van der Waals surface area contributed by atoms with Crippen molar-refractivity contribution < 1.29 is 18.3 Å². The van der Waals surface area contributed by atoms with Crippen LogP contribution in [0.4, 0.5) is 0 Å². The lowest BCUT2D eigenvalue weighted by Crippen LogP contribution is -2.34. The Labute approximate surface area is 134 Å². The third-order valence-electron chi connectivity index (χ3n) is 4.17. The minimum absolute atomic E-state index is 0.0266. The topological polar surface area (TPSA) is 92.5 Å². The molecule has 1 atom stereocenters. The molecule has 3 rings (SSSR count). The van der Waals surface area contributed by atoms with E-state index in [9.17, 15) is 18.3 Å². The van der Waals surface area contributed by atoms with E-state index in [-0.39, 0.29) is 18.0 Å². The highest BCUT2D eigenvalue weighted by Gasteiger charge is 2.45. The van der Waals surface area contributed by atoms with E-state index in [1.54, 1.807) is 6.92 Å². The van der Waals surface area contributed by atoms with E-state index in [1.165, 1.54) is 21.4 Å². The summed E-state index contributed by atoms with van der Waals surface area (Å²) in [5.41, 5.74) is -0.284. The van der Waals surface area contributed by atoms with Gasteiger partial charge in [-0.25, -0.2) is 13.1 Å². The van der Waals surface area contributed by atoms with E-state index in [0.717, 1.165) is 5.69 Å². The van der Waals surface area contributed by atoms with Crippen molar-refractivity contribution in [2.24, 2.45) is 5.41 Å². The fourth-order valence-electron chi connectivity index (χ4n) is 2.61. The highest BCUT2D eigenvalue weighted by molar-refractivity contribution is 7.89. The molecule has 1 N–H and O–H groups in total. The molecule has 0 radical (unpaired) electrons. The van der Waals surface area contributed by atoms with E-state index in [1.807, 2.05) is 30.3 Å². The third kappa shape index (κ3) is 2.75. The van der Waals surface area contributed by atoms with Crippen molar-refractivity contribution in [3.05, 3.63) is 42.7 Å². The average Bonchev–Trinajstić information content (AvgIpc) is 3.16. The van der Waals surface area contributed by atoms with Crippen LogP contribution in [-0.4, -0.2) is 46.7 Å². The number of hydrogen-bond acceptors (Lipinski definition) is 4. The summed E-state index contributed by atoms with van der Waals surface area (Å²) in [5, 5.41) is 13.3. The van der Waals surface area contributed by atoms with Crippen molar-refractivity contribution in [1.82, 2.24) is 14.1 Å². The first-order valence-corrected chi connectivity index (χ1v) is 8.61. The van der Waals surface area contributed by atoms with E-state index in [2.05, 4.69) is 5.10 Å². The normalized spacial score (nSPS) is 22.3. The van der Waals surface area contributed by atoms with Gasteiger partial charge in [0, 0.05) is 13.1 Å². The molecule has 0 aliphatic carbocycles. The first-order valence-electron chi connectivity index (χ1n) is 7.17. The van der Waals surface area contributed by atoms with Gasteiger partial charge >= 0.3 is 5.97 Å². The third-order valence-corrected chi connectivity index (χ3v) is 5.97. The van der Waals surface area contributed by atoms with Crippen LogP contribution in [0.2, 0.25) is 0 Å². The number of carbonyl (C=O) groups is 1. The van der Waals surface area contributed by atoms with Crippen molar-refractivity contribution in [3.63, 3.8) is 0 Å². The summed E-state index contributed by atoms with van der Waals surface area (Å²) in [6, 6.07) is 9.18. The van der Waals surface area contributed by atoms with E-state index >= 15 is 0 Å². The summed E-state index contributed by atoms with van der Waals surface area (Å²) in [6.07, 6.45) is 3.04. The average molecular weight is 335 g/mol. The summed E-state index contributed by atoms with van der Waals surface area (Å²) in [6.45, 7) is 1.74. The second kappa shape index (κ2) is 5.47. The van der Waals surface area contributed by atoms with Gasteiger partial charge in [0.15, 0.2) is 0 Å². The van der Waals surface area contributed by atoms with Crippen molar-refractivity contribution in [3.8, 4) is 5.69 Å². The van der Waals surface area contributed by atoms with Crippen LogP contribution in [0.25, 0.3) is 5.69 Å². The molecule has 7 nitrogen and oxygen atoms in total. The second-order valence-corrected chi connectivity index (χ2v) is 7.85. The quantitative estimate of drug-likeness (QED) is 0.910. The molecule has 1 aromatic carbocycles. The number of carboxylic acid groups (broad SMARTS) is 1. The Bertz CT molecular complexity index is 831.